The van der Waals surface area contributed by atoms with Gasteiger partial charge in [0.25, 0.3) is 11.8 Å². The Morgan fingerprint density at radius 3 is 2.23 bits per heavy atom. The number of hydrogen-bond acceptors (Lipinski definition) is 10. The summed E-state index contributed by atoms with van der Waals surface area (Å²) < 4.78 is 25.2. The highest BCUT2D eigenvalue weighted by molar-refractivity contribution is 7.92. The molecular formula is C34H31N5O7S2. The topological polar surface area (TPSA) is 163 Å². The van der Waals surface area contributed by atoms with E-state index in [4.69, 9.17) is 9.47 Å². The van der Waals surface area contributed by atoms with Crippen LogP contribution in [0.1, 0.15) is 53.4 Å². The van der Waals surface area contributed by atoms with Gasteiger partial charge < -0.3 is 19.3 Å². The van der Waals surface area contributed by atoms with Gasteiger partial charge >= 0.3 is 12.1 Å². The zero-order valence-electron chi connectivity index (χ0n) is 26.1. The van der Waals surface area contributed by atoms with Gasteiger partial charge in [0.2, 0.25) is 5.37 Å². The molecule has 2 aliphatic heterocycles. The Morgan fingerprint density at radius 1 is 0.979 bits per heavy atom. The Bertz CT molecular complexity index is 1820. The lowest BCUT2D eigenvalue weighted by molar-refractivity contribution is -0.153. The smallest absolute Gasteiger partial charge is 0.408 e. The number of anilines is 1. The van der Waals surface area contributed by atoms with Crippen molar-refractivity contribution in [3.8, 4) is 0 Å². The second kappa shape index (κ2) is 13.6. The van der Waals surface area contributed by atoms with Crippen molar-refractivity contribution in [2.24, 2.45) is 0 Å². The lowest BCUT2D eigenvalue weighted by Crippen LogP contribution is -2.74. The maximum atomic E-state index is 14.3. The first kappa shape index (κ1) is 32.9. The van der Waals surface area contributed by atoms with E-state index in [1.54, 1.807) is 39.0 Å². The summed E-state index contributed by atoms with van der Waals surface area (Å²) in [6.07, 6.45) is 1.25. The molecule has 6 rings (SSSR count). The summed E-state index contributed by atoms with van der Waals surface area (Å²) >= 11 is -0.706. The fourth-order valence-electron chi connectivity index (χ4n) is 5.27. The van der Waals surface area contributed by atoms with Crippen LogP contribution in [0.25, 0.3) is 5.57 Å². The van der Waals surface area contributed by atoms with E-state index in [1.807, 2.05) is 60.7 Å². The predicted octanol–water partition coefficient (Wildman–Crippen LogP) is 4.66. The van der Waals surface area contributed by atoms with Crippen LogP contribution < -0.4 is 10.6 Å². The number of esters is 1. The first-order valence-corrected chi connectivity index (χ1v) is 17.1. The fraction of sp³-hybridized carbons (Fsp3) is 0.235. The minimum Gasteiger partial charge on any atom is -0.614 e. The van der Waals surface area contributed by atoms with Crippen LogP contribution in [0, 0.1) is 0 Å². The molecule has 4 aromatic rings. The molecular weight excluding hydrogens is 655 g/mol. The van der Waals surface area contributed by atoms with Crippen LogP contribution >= 0.6 is 11.3 Å². The molecule has 2 N–H and O–H groups in total. The lowest BCUT2D eigenvalue weighted by Gasteiger charge is -2.49. The van der Waals surface area contributed by atoms with Gasteiger partial charge in [-0.15, -0.1) is 0 Å². The summed E-state index contributed by atoms with van der Waals surface area (Å²) in [7, 11) is 0. The van der Waals surface area contributed by atoms with Crippen LogP contribution in [0.4, 0.5) is 9.93 Å². The molecule has 3 unspecified atom stereocenters. The van der Waals surface area contributed by atoms with Crippen LogP contribution in [0.2, 0.25) is 0 Å². The Kier molecular flexibility index (Phi) is 9.31. The van der Waals surface area contributed by atoms with Gasteiger partial charge in [-0.1, -0.05) is 78.1 Å². The SMILES string of the molecule is CC(C)(C)OC(=O)NC1C(=O)N2C(C(=O)OC(c3ccccc3)c3ccccc3)=C(c3cnc(NC(=O)c4ccccn4)s3)C[S+]([O-])C12. The van der Waals surface area contributed by atoms with E-state index in [1.165, 1.54) is 12.4 Å². The van der Waals surface area contributed by atoms with E-state index in [9.17, 15) is 23.7 Å². The normalized spacial score (nSPS) is 18.9. The largest absolute Gasteiger partial charge is 0.614 e. The Labute approximate surface area is 283 Å². The Hall–Kier alpha value is -5.05. The average molecular weight is 686 g/mol. The van der Waals surface area contributed by atoms with Crippen LogP contribution in [0.3, 0.4) is 0 Å². The van der Waals surface area contributed by atoms with Crippen molar-refractivity contribution >= 4 is 57.1 Å². The molecule has 0 saturated carbocycles. The number of nitrogens with one attached hydrogen (secondary N) is 2. The number of carbonyl (C=O) groups excluding carboxylic acids is 4. The second-order valence-electron chi connectivity index (χ2n) is 11.9. The number of ether oxygens (including phenoxy) is 2. The zero-order valence-corrected chi connectivity index (χ0v) is 27.7. The van der Waals surface area contributed by atoms with Gasteiger partial charge in [-0.05, 0) is 55.2 Å². The van der Waals surface area contributed by atoms with E-state index in [0.717, 1.165) is 16.2 Å². The van der Waals surface area contributed by atoms with Gasteiger partial charge in [-0.2, -0.15) is 0 Å². The number of thiazole rings is 1. The maximum absolute atomic E-state index is 14.3. The maximum Gasteiger partial charge on any atom is 0.408 e. The number of carbonyl (C=O) groups is 4. The third-order valence-corrected chi connectivity index (χ3v) is 9.91. The number of fused-ring (bicyclic) bond motifs is 1. The number of benzene rings is 2. The molecule has 2 aromatic heterocycles. The first-order valence-electron chi connectivity index (χ1n) is 14.9. The van der Waals surface area contributed by atoms with Crippen LogP contribution in [-0.4, -0.2) is 66.1 Å². The summed E-state index contributed by atoms with van der Waals surface area (Å²) in [5.74, 6) is -2.11. The molecule has 48 heavy (non-hydrogen) atoms. The van der Waals surface area contributed by atoms with Gasteiger partial charge in [0.1, 0.15) is 22.7 Å². The van der Waals surface area contributed by atoms with Crippen LogP contribution in [0.15, 0.2) is 97.0 Å². The van der Waals surface area contributed by atoms with Gasteiger partial charge in [0.05, 0.1) is 10.5 Å². The van der Waals surface area contributed by atoms with Gasteiger partial charge in [0.15, 0.2) is 17.3 Å². The predicted molar refractivity (Wildman–Crippen MR) is 179 cm³/mol. The monoisotopic (exact) mass is 685 g/mol. The van der Waals surface area contributed by atoms with Crippen molar-refractivity contribution < 1.29 is 33.2 Å². The number of hydrogen-bond donors (Lipinski definition) is 2. The van der Waals surface area contributed by atoms with Gasteiger partial charge in [0, 0.05) is 12.4 Å². The van der Waals surface area contributed by atoms with Gasteiger partial charge in [-0.3, -0.25) is 24.8 Å². The third-order valence-electron chi connectivity index (χ3n) is 7.34. The van der Waals surface area contributed by atoms with Crippen molar-refractivity contribution in [3.63, 3.8) is 0 Å². The molecule has 12 nitrogen and oxygen atoms in total. The molecule has 3 amide bonds. The number of β-lactam (4-membered cyclic amide) rings is 1. The molecule has 246 valence electrons. The number of aromatic nitrogens is 2. The number of pyridine rings is 1. The molecule has 0 bridgehead atoms. The number of nitrogens with zero attached hydrogens (tertiary/aromatic N) is 3. The van der Waals surface area contributed by atoms with E-state index in [0.29, 0.717) is 16.0 Å². The van der Waals surface area contributed by atoms with E-state index < -0.39 is 58.2 Å². The van der Waals surface area contributed by atoms with Gasteiger partial charge in [-0.25, -0.2) is 14.6 Å². The molecule has 1 fully saturated rings. The van der Waals surface area contributed by atoms with Crippen LogP contribution in [-0.2, 0) is 30.2 Å². The quantitative estimate of drug-likeness (QED) is 0.153. The minimum atomic E-state index is -1.75. The van der Waals surface area contributed by atoms with Crippen molar-refractivity contribution in [2.75, 3.05) is 11.1 Å². The Morgan fingerprint density at radius 2 is 1.62 bits per heavy atom. The summed E-state index contributed by atoms with van der Waals surface area (Å²) in [6, 6.07) is 22.1. The number of rotatable bonds is 8. The van der Waals surface area contributed by atoms with Crippen LogP contribution in [0.5, 0.6) is 0 Å². The standard InChI is InChI=1S/C34H31N5O7S2/c1-34(2,3)46-33(43)37-25-29(41)39-26(31(42)45-27(20-12-6-4-7-13-20)21-14-8-5-9-15-21)22(19-48(44)30(25)39)24-18-36-32(47-24)38-28(40)23-16-10-11-17-35-23/h4-18,25,27,30H,19H2,1-3H3,(H,37,43)(H,36,38,40). The average Bonchev–Trinajstić information content (AvgIpc) is 3.54. The molecule has 1 saturated heterocycles. The highest BCUT2D eigenvalue weighted by Gasteiger charge is 2.62. The van der Waals surface area contributed by atoms with E-state index in [-0.39, 0.29) is 27.8 Å². The van der Waals surface area contributed by atoms with Crippen molar-refractivity contribution in [1.29, 1.82) is 0 Å². The highest BCUT2D eigenvalue weighted by atomic mass is 32.2. The highest BCUT2D eigenvalue weighted by Crippen LogP contribution is 2.43. The minimum absolute atomic E-state index is 0.116. The molecule has 0 aliphatic carbocycles. The van der Waals surface area contributed by atoms with E-state index >= 15 is 0 Å². The summed E-state index contributed by atoms with van der Waals surface area (Å²) in [4.78, 5) is 63.2. The zero-order chi connectivity index (χ0) is 34.0. The number of amides is 3. The molecule has 4 heterocycles. The molecule has 0 spiro atoms. The summed E-state index contributed by atoms with van der Waals surface area (Å²) in [5.41, 5.74) is 0.898. The van der Waals surface area contributed by atoms with Crippen molar-refractivity contribution in [2.45, 2.75) is 43.9 Å². The third kappa shape index (κ3) is 6.95. The van der Waals surface area contributed by atoms with Crippen molar-refractivity contribution in [1.82, 2.24) is 20.2 Å². The Balaban J connectivity index is 1.36. The molecule has 2 aromatic carbocycles. The summed E-state index contributed by atoms with van der Waals surface area (Å²) in [6.45, 7) is 5.05. The van der Waals surface area contributed by atoms with Crippen molar-refractivity contribution in [3.05, 3.63) is 119 Å². The molecule has 0 radical (unpaired) electrons. The number of alkyl carbamates (subject to hydrolysis) is 1. The molecule has 2 aliphatic rings. The summed E-state index contributed by atoms with van der Waals surface area (Å²) in [5, 5.41) is 4.37. The lowest BCUT2D eigenvalue weighted by atomic mass is 10.0. The first-order chi connectivity index (χ1) is 23.0. The van der Waals surface area contributed by atoms with E-state index in [2.05, 4.69) is 20.6 Å². The fourth-order valence-corrected chi connectivity index (χ4v) is 7.89. The second-order valence-corrected chi connectivity index (χ2v) is 14.4. The molecule has 3 atom stereocenters. The molecule has 14 heteroatoms.